The molecule has 1 fully saturated rings. The highest BCUT2D eigenvalue weighted by atomic mass is 16.4. The molecule has 0 spiro atoms. The second-order valence-electron chi connectivity index (χ2n) is 11.7. The van der Waals surface area contributed by atoms with Gasteiger partial charge in [0.05, 0.1) is 18.7 Å². The van der Waals surface area contributed by atoms with Crippen LogP contribution in [0, 0.1) is 5.92 Å². The molecule has 11 N–H and O–H groups in total. The molecule has 0 aromatic carbocycles. The molecule has 1 saturated heterocycles. The maximum atomic E-state index is 13.2. The number of amides is 7. The van der Waals surface area contributed by atoms with Crippen molar-refractivity contribution in [2.24, 2.45) is 11.7 Å². The molecular formula is C28H48N8O10. The molecule has 1 aliphatic rings. The number of primary amides is 1. The molecule has 260 valence electrons. The second kappa shape index (κ2) is 19.3. The summed E-state index contributed by atoms with van der Waals surface area (Å²) in [6.07, 6.45) is -0.555. The first-order valence-corrected chi connectivity index (χ1v) is 15.1. The summed E-state index contributed by atoms with van der Waals surface area (Å²) in [5.74, 6) is -6.79. The average Bonchev–Trinajstić information content (AvgIpc) is 3.50. The van der Waals surface area contributed by atoms with Crippen LogP contribution in [0.3, 0.4) is 0 Å². The number of nitrogens with one attached hydrogen (secondary N) is 7. The van der Waals surface area contributed by atoms with Gasteiger partial charge in [-0.15, -0.1) is 0 Å². The summed E-state index contributed by atoms with van der Waals surface area (Å²) in [4.78, 5) is 99.0. The molecule has 7 atom stereocenters. The molecule has 0 unspecified atom stereocenters. The van der Waals surface area contributed by atoms with E-state index in [9.17, 15) is 43.5 Å². The number of nitrogens with two attached hydrogens (primary N) is 1. The van der Waals surface area contributed by atoms with E-state index in [1.165, 1.54) is 20.8 Å². The van der Waals surface area contributed by atoms with Crippen LogP contribution in [0.1, 0.15) is 66.7 Å². The lowest BCUT2D eigenvalue weighted by Crippen LogP contribution is -2.61. The Hall–Kier alpha value is -4.32. The molecule has 1 heterocycles. The SMILES string of the molecule is CC(C)C[C@H](NC(=O)[C@H](CCC(N)=O)NC(=O)[C@@H](NC(=O)[C@H](C)NC(=O)CNC(=O)[C@@H]1CCCN1)[C@@H](C)O)C(=O)N[C@@H](C)C(=O)O. The van der Waals surface area contributed by atoms with Gasteiger partial charge in [0.15, 0.2) is 0 Å². The van der Waals surface area contributed by atoms with Crippen molar-refractivity contribution in [1.29, 1.82) is 0 Å². The van der Waals surface area contributed by atoms with Crippen molar-refractivity contribution in [2.75, 3.05) is 13.1 Å². The van der Waals surface area contributed by atoms with E-state index in [0.717, 1.165) is 6.42 Å². The summed E-state index contributed by atoms with van der Waals surface area (Å²) in [7, 11) is 0. The number of hydrogen-bond donors (Lipinski definition) is 10. The minimum Gasteiger partial charge on any atom is -0.480 e. The van der Waals surface area contributed by atoms with Crippen LogP contribution in [0.25, 0.3) is 0 Å². The number of carboxylic acid groups (broad SMARTS) is 1. The minimum absolute atomic E-state index is 0.109. The third-order valence-corrected chi connectivity index (χ3v) is 7.02. The van der Waals surface area contributed by atoms with Gasteiger partial charge in [-0.05, 0) is 58.9 Å². The molecule has 0 aromatic rings. The summed E-state index contributed by atoms with van der Waals surface area (Å²) in [6, 6.07) is -7.10. The maximum absolute atomic E-state index is 13.2. The van der Waals surface area contributed by atoms with E-state index in [2.05, 4.69) is 37.2 Å². The van der Waals surface area contributed by atoms with Crippen molar-refractivity contribution in [2.45, 2.75) is 109 Å². The first-order chi connectivity index (χ1) is 21.4. The van der Waals surface area contributed by atoms with Gasteiger partial charge in [0.2, 0.25) is 41.4 Å². The van der Waals surface area contributed by atoms with Gasteiger partial charge in [-0.3, -0.25) is 38.4 Å². The third kappa shape index (κ3) is 14.2. The highest BCUT2D eigenvalue weighted by molar-refractivity contribution is 5.96. The number of aliphatic hydroxyl groups is 1. The Kier molecular flexibility index (Phi) is 16.6. The van der Waals surface area contributed by atoms with Crippen LogP contribution < -0.4 is 43.0 Å². The smallest absolute Gasteiger partial charge is 0.325 e. The molecule has 1 rings (SSSR count). The number of aliphatic carboxylic acids is 1. The number of hydrogen-bond acceptors (Lipinski definition) is 10. The van der Waals surface area contributed by atoms with Crippen LogP contribution in [-0.4, -0.2) is 113 Å². The predicted octanol–water partition coefficient (Wildman–Crippen LogP) is -3.90. The molecule has 0 saturated carbocycles. The molecule has 7 amide bonds. The van der Waals surface area contributed by atoms with Gasteiger partial charge in [-0.2, -0.15) is 0 Å². The van der Waals surface area contributed by atoms with Gasteiger partial charge < -0.3 is 53.2 Å². The van der Waals surface area contributed by atoms with Crippen molar-refractivity contribution >= 4 is 47.3 Å². The van der Waals surface area contributed by atoms with Crippen LogP contribution in [0.2, 0.25) is 0 Å². The standard InChI is InChI=1S/C28H48N8O10/c1-13(2)11-19(26(43)33-15(4)28(45)46)35-25(42)18(8-9-20(29)38)34-27(44)22(16(5)37)36-23(40)14(3)32-21(39)12-31-24(41)17-7-6-10-30-17/h13-19,22,30,37H,6-12H2,1-5H3,(H2,29,38)(H,31,41)(H,32,39)(H,33,43)(H,34,44)(H,35,42)(H,36,40)(H,45,46)/t14-,15-,16+,17-,18-,19-,22-/m0/s1. The predicted molar refractivity (Wildman–Crippen MR) is 162 cm³/mol. The second-order valence-corrected chi connectivity index (χ2v) is 11.7. The van der Waals surface area contributed by atoms with E-state index in [1.54, 1.807) is 13.8 Å². The lowest BCUT2D eigenvalue weighted by Gasteiger charge is -2.27. The zero-order valence-electron chi connectivity index (χ0n) is 26.8. The summed E-state index contributed by atoms with van der Waals surface area (Å²) in [5.41, 5.74) is 5.23. The van der Waals surface area contributed by atoms with Crippen LogP contribution in [0.15, 0.2) is 0 Å². The molecule has 1 aliphatic heterocycles. The van der Waals surface area contributed by atoms with Crippen LogP contribution in [0.5, 0.6) is 0 Å². The van der Waals surface area contributed by atoms with Gasteiger partial charge in [0, 0.05) is 6.42 Å². The molecule has 46 heavy (non-hydrogen) atoms. The Labute approximate surface area is 267 Å². The van der Waals surface area contributed by atoms with Gasteiger partial charge in [-0.1, -0.05) is 13.8 Å². The fourth-order valence-corrected chi connectivity index (χ4v) is 4.41. The highest BCUT2D eigenvalue weighted by Gasteiger charge is 2.33. The minimum atomic E-state index is -1.62. The van der Waals surface area contributed by atoms with E-state index in [-0.39, 0.29) is 31.1 Å². The van der Waals surface area contributed by atoms with Crippen LogP contribution >= 0.6 is 0 Å². The average molecular weight is 657 g/mol. The molecule has 0 radical (unpaired) electrons. The fraction of sp³-hybridized carbons (Fsp3) is 0.714. The maximum Gasteiger partial charge on any atom is 0.325 e. The van der Waals surface area contributed by atoms with Gasteiger partial charge in [-0.25, -0.2) is 0 Å². The van der Waals surface area contributed by atoms with Crippen LogP contribution in [0.4, 0.5) is 0 Å². The number of rotatable bonds is 19. The molecule has 0 bridgehead atoms. The van der Waals surface area contributed by atoms with Crippen LogP contribution in [-0.2, 0) is 38.4 Å². The van der Waals surface area contributed by atoms with Crippen molar-refractivity contribution in [3.63, 3.8) is 0 Å². The summed E-state index contributed by atoms with van der Waals surface area (Å²) in [6.45, 7) is 7.60. The normalized spacial score (nSPS) is 18.1. The quantitative estimate of drug-likeness (QED) is 0.0641. The Morgan fingerprint density at radius 2 is 1.41 bits per heavy atom. The first kappa shape index (κ1) is 39.7. The van der Waals surface area contributed by atoms with E-state index in [1.807, 2.05) is 0 Å². The lowest BCUT2D eigenvalue weighted by molar-refractivity contribution is -0.142. The van der Waals surface area contributed by atoms with Gasteiger partial charge in [0.25, 0.3) is 0 Å². The first-order valence-electron chi connectivity index (χ1n) is 15.1. The van der Waals surface area contributed by atoms with Crippen molar-refractivity contribution in [3.05, 3.63) is 0 Å². The van der Waals surface area contributed by atoms with Crippen molar-refractivity contribution in [3.8, 4) is 0 Å². The Balaban J connectivity index is 2.93. The van der Waals surface area contributed by atoms with E-state index >= 15 is 0 Å². The molecular weight excluding hydrogens is 608 g/mol. The molecule has 18 heteroatoms. The summed E-state index contributed by atoms with van der Waals surface area (Å²) < 4.78 is 0. The molecule has 18 nitrogen and oxygen atoms in total. The number of carboxylic acids is 1. The largest absolute Gasteiger partial charge is 0.480 e. The van der Waals surface area contributed by atoms with Crippen molar-refractivity contribution < 1.29 is 48.6 Å². The fourth-order valence-electron chi connectivity index (χ4n) is 4.41. The van der Waals surface area contributed by atoms with E-state index in [0.29, 0.717) is 13.0 Å². The summed E-state index contributed by atoms with van der Waals surface area (Å²) >= 11 is 0. The molecule has 0 aliphatic carbocycles. The van der Waals surface area contributed by atoms with E-state index < -0.39 is 90.3 Å². The number of carbonyl (C=O) groups is 8. The van der Waals surface area contributed by atoms with E-state index in [4.69, 9.17) is 10.8 Å². The highest BCUT2D eigenvalue weighted by Crippen LogP contribution is 2.08. The Morgan fingerprint density at radius 3 is 1.93 bits per heavy atom. The number of carbonyl (C=O) groups excluding carboxylic acids is 7. The van der Waals surface area contributed by atoms with Gasteiger partial charge in [0.1, 0.15) is 30.2 Å². The lowest BCUT2D eigenvalue weighted by atomic mass is 10.0. The Bertz CT molecular complexity index is 1130. The summed E-state index contributed by atoms with van der Waals surface area (Å²) in [5, 5.41) is 36.6. The Morgan fingerprint density at radius 1 is 0.804 bits per heavy atom. The third-order valence-electron chi connectivity index (χ3n) is 7.02. The zero-order chi connectivity index (χ0) is 35.1. The van der Waals surface area contributed by atoms with Gasteiger partial charge >= 0.3 is 5.97 Å². The molecule has 0 aromatic heterocycles. The monoisotopic (exact) mass is 656 g/mol. The number of aliphatic hydroxyl groups excluding tert-OH is 1. The van der Waals surface area contributed by atoms with Crippen molar-refractivity contribution in [1.82, 2.24) is 37.2 Å². The topological polar surface area (TPSA) is 287 Å². The zero-order valence-corrected chi connectivity index (χ0v) is 26.8.